The van der Waals surface area contributed by atoms with Gasteiger partial charge < -0.3 is 10.1 Å². The summed E-state index contributed by atoms with van der Waals surface area (Å²) in [5.41, 5.74) is 0. The van der Waals surface area contributed by atoms with Crippen molar-refractivity contribution in [2.24, 2.45) is 5.92 Å². The van der Waals surface area contributed by atoms with Crippen molar-refractivity contribution in [1.29, 1.82) is 0 Å². The SMILES string of the molecule is CCOC(=O)NC(C)C1CCCCC1. The van der Waals surface area contributed by atoms with E-state index in [9.17, 15) is 4.79 Å². The number of hydrogen-bond donors (Lipinski definition) is 1. The second-order valence-corrected chi connectivity index (χ2v) is 4.05. The third kappa shape index (κ3) is 3.56. The Hall–Kier alpha value is -0.730. The predicted octanol–water partition coefficient (Wildman–Crippen LogP) is 2.70. The molecule has 3 heteroatoms. The van der Waals surface area contributed by atoms with Crippen LogP contribution in [0.5, 0.6) is 0 Å². The number of carbonyl (C=O) groups excluding carboxylic acids is 1. The minimum atomic E-state index is -0.273. The van der Waals surface area contributed by atoms with Gasteiger partial charge in [0.15, 0.2) is 0 Å². The summed E-state index contributed by atoms with van der Waals surface area (Å²) < 4.78 is 4.85. The average Bonchev–Trinajstić information content (AvgIpc) is 2.19. The van der Waals surface area contributed by atoms with E-state index < -0.39 is 0 Å². The topological polar surface area (TPSA) is 38.3 Å². The zero-order chi connectivity index (χ0) is 10.4. The zero-order valence-corrected chi connectivity index (χ0v) is 9.21. The molecule has 0 aromatic carbocycles. The second-order valence-electron chi connectivity index (χ2n) is 4.05. The van der Waals surface area contributed by atoms with Crippen molar-refractivity contribution < 1.29 is 9.53 Å². The summed E-state index contributed by atoms with van der Waals surface area (Å²) in [5, 5.41) is 2.89. The van der Waals surface area contributed by atoms with Crippen LogP contribution >= 0.6 is 0 Å². The number of amides is 1. The highest BCUT2D eigenvalue weighted by Gasteiger charge is 2.21. The molecule has 1 N–H and O–H groups in total. The minimum Gasteiger partial charge on any atom is -0.450 e. The highest BCUT2D eigenvalue weighted by Crippen LogP contribution is 2.26. The van der Waals surface area contributed by atoms with Gasteiger partial charge in [0.1, 0.15) is 0 Å². The monoisotopic (exact) mass is 199 g/mol. The van der Waals surface area contributed by atoms with Crippen molar-refractivity contribution in [3.8, 4) is 0 Å². The number of ether oxygens (including phenoxy) is 1. The third-order valence-electron chi connectivity index (χ3n) is 2.98. The number of rotatable bonds is 3. The molecule has 3 nitrogen and oxygen atoms in total. The molecule has 1 saturated carbocycles. The molecule has 14 heavy (non-hydrogen) atoms. The van der Waals surface area contributed by atoms with Crippen LogP contribution in [0.1, 0.15) is 46.0 Å². The molecule has 1 fully saturated rings. The molecule has 0 heterocycles. The van der Waals surface area contributed by atoms with Crippen LogP contribution in [0.3, 0.4) is 0 Å². The van der Waals surface area contributed by atoms with E-state index >= 15 is 0 Å². The Morgan fingerprint density at radius 3 is 2.64 bits per heavy atom. The summed E-state index contributed by atoms with van der Waals surface area (Å²) in [4.78, 5) is 11.2. The molecule has 1 aliphatic carbocycles. The van der Waals surface area contributed by atoms with Crippen molar-refractivity contribution in [2.75, 3.05) is 6.61 Å². The summed E-state index contributed by atoms with van der Waals surface area (Å²) in [6, 6.07) is 0.259. The summed E-state index contributed by atoms with van der Waals surface area (Å²) >= 11 is 0. The Labute approximate surface area is 86.2 Å². The van der Waals surface area contributed by atoms with Gasteiger partial charge in [0.05, 0.1) is 6.61 Å². The summed E-state index contributed by atoms with van der Waals surface area (Å²) in [6.45, 7) is 4.35. The Morgan fingerprint density at radius 2 is 2.07 bits per heavy atom. The maximum absolute atomic E-state index is 11.2. The summed E-state index contributed by atoms with van der Waals surface area (Å²) in [5.74, 6) is 0.646. The lowest BCUT2D eigenvalue weighted by Crippen LogP contribution is -2.39. The maximum Gasteiger partial charge on any atom is 0.407 e. The van der Waals surface area contributed by atoms with Gasteiger partial charge in [-0.1, -0.05) is 19.3 Å². The van der Waals surface area contributed by atoms with Crippen LogP contribution in [0.25, 0.3) is 0 Å². The molecule has 0 aromatic heterocycles. The summed E-state index contributed by atoms with van der Waals surface area (Å²) in [6.07, 6.45) is 6.17. The first-order valence-electron chi connectivity index (χ1n) is 5.67. The second kappa shape index (κ2) is 5.89. The van der Waals surface area contributed by atoms with Crippen LogP contribution in [-0.2, 0) is 4.74 Å². The van der Waals surface area contributed by atoms with Crippen LogP contribution in [0.15, 0.2) is 0 Å². The fourth-order valence-electron chi connectivity index (χ4n) is 2.11. The van der Waals surface area contributed by atoms with Gasteiger partial charge in [-0.3, -0.25) is 0 Å². The molecular formula is C11H21NO2. The van der Waals surface area contributed by atoms with E-state index in [0.29, 0.717) is 12.5 Å². The number of hydrogen-bond acceptors (Lipinski definition) is 2. The minimum absolute atomic E-state index is 0.259. The van der Waals surface area contributed by atoms with Gasteiger partial charge in [-0.15, -0.1) is 0 Å². The molecule has 1 amide bonds. The Balaban J connectivity index is 2.25. The van der Waals surface area contributed by atoms with Gasteiger partial charge in [-0.2, -0.15) is 0 Å². The third-order valence-corrected chi connectivity index (χ3v) is 2.98. The molecule has 82 valence electrons. The van der Waals surface area contributed by atoms with Crippen LogP contribution in [0, 0.1) is 5.92 Å². The van der Waals surface area contributed by atoms with Gasteiger partial charge >= 0.3 is 6.09 Å². The lowest BCUT2D eigenvalue weighted by molar-refractivity contribution is 0.142. The molecule has 1 rings (SSSR count). The Bertz CT molecular complexity index is 176. The average molecular weight is 199 g/mol. The molecule has 0 aromatic rings. The van der Waals surface area contributed by atoms with E-state index in [1.165, 1.54) is 32.1 Å². The van der Waals surface area contributed by atoms with Gasteiger partial charge in [0.2, 0.25) is 0 Å². The van der Waals surface area contributed by atoms with E-state index in [0.717, 1.165) is 0 Å². The highest BCUT2D eigenvalue weighted by molar-refractivity contribution is 5.67. The quantitative estimate of drug-likeness (QED) is 0.759. The number of nitrogens with one attached hydrogen (secondary N) is 1. The number of alkyl carbamates (subject to hydrolysis) is 1. The molecular weight excluding hydrogens is 178 g/mol. The van der Waals surface area contributed by atoms with Crippen molar-refractivity contribution in [2.45, 2.75) is 52.0 Å². The molecule has 0 radical (unpaired) electrons. The molecule has 1 aliphatic rings. The summed E-state index contributed by atoms with van der Waals surface area (Å²) in [7, 11) is 0. The fraction of sp³-hybridized carbons (Fsp3) is 0.909. The highest BCUT2D eigenvalue weighted by atomic mass is 16.5. The van der Waals surface area contributed by atoms with Crippen LogP contribution < -0.4 is 5.32 Å². The number of carbonyl (C=O) groups is 1. The van der Waals surface area contributed by atoms with Crippen molar-refractivity contribution in [3.05, 3.63) is 0 Å². The van der Waals surface area contributed by atoms with Crippen molar-refractivity contribution in [3.63, 3.8) is 0 Å². The zero-order valence-electron chi connectivity index (χ0n) is 9.21. The van der Waals surface area contributed by atoms with Crippen molar-refractivity contribution in [1.82, 2.24) is 5.32 Å². The van der Waals surface area contributed by atoms with Gasteiger partial charge in [-0.05, 0) is 32.6 Å². The smallest absolute Gasteiger partial charge is 0.407 e. The van der Waals surface area contributed by atoms with E-state index in [1.54, 1.807) is 0 Å². The van der Waals surface area contributed by atoms with Crippen molar-refractivity contribution >= 4 is 6.09 Å². The molecule has 0 aliphatic heterocycles. The Kier molecular flexibility index (Phi) is 4.77. The molecule has 0 spiro atoms. The lowest BCUT2D eigenvalue weighted by Gasteiger charge is -2.27. The van der Waals surface area contributed by atoms with Gasteiger partial charge in [-0.25, -0.2) is 4.79 Å². The molecule has 1 atom stereocenters. The molecule has 0 saturated heterocycles. The Morgan fingerprint density at radius 1 is 1.43 bits per heavy atom. The van der Waals surface area contributed by atoms with E-state index in [2.05, 4.69) is 12.2 Å². The van der Waals surface area contributed by atoms with E-state index in [1.807, 2.05) is 6.92 Å². The fourth-order valence-corrected chi connectivity index (χ4v) is 2.11. The molecule has 1 unspecified atom stereocenters. The van der Waals surface area contributed by atoms with E-state index in [-0.39, 0.29) is 12.1 Å². The standard InChI is InChI=1S/C11H21NO2/c1-3-14-11(13)12-9(2)10-7-5-4-6-8-10/h9-10H,3-8H2,1-2H3,(H,12,13). The largest absolute Gasteiger partial charge is 0.450 e. The lowest BCUT2D eigenvalue weighted by atomic mass is 9.85. The first kappa shape index (κ1) is 11.3. The van der Waals surface area contributed by atoms with Gasteiger partial charge in [0, 0.05) is 6.04 Å². The van der Waals surface area contributed by atoms with Crippen LogP contribution in [0.2, 0.25) is 0 Å². The predicted molar refractivity (Wildman–Crippen MR) is 56.2 cm³/mol. The first-order valence-corrected chi connectivity index (χ1v) is 5.67. The van der Waals surface area contributed by atoms with E-state index in [4.69, 9.17) is 4.74 Å². The normalized spacial score (nSPS) is 20.1. The molecule has 0 bridgehead atoms. The van der Waals surface area contributed by atoms with Crippen LogP contribution in [-0.4, -0.2) is 18.7 Å². The van der Waals surface area contributed by atoms with Crippen LogP contribution in [0.4, 0.5) is 4.79 Å². The maximum atomic E-state index is 11.2. The first-order chi connectivity index (χ1) is 6.74. The van der Waals surface area contributed by atoms with Gasteiger partial charge in [0.25, 0.3) is 0 Å².